The lowest BCUT2D eigenvalue weighted by atomic mass is 10.1. The molecule has 0 N–H and O–H groups in total. The van der Waals surface area contributed by atoms with Crippen LogP contribution in [0.3, 0.4) is 0 Å². The van der Waals surface area contributed by atoms with Crippen LogP contribution in [0.5, 0.6) is 5.75 Å². The van der Waals surface area contributed by atoms with E-state index < -0.39 is 0 Å². The second-order valence-electron chi connectivity index (χ2n) is 5.47. The van der Waals surface area contributed by atoms with Crippen molar-refractivity contribution in [3.05, 3.63) is 29.3 Å². The summed E-state index contributed by atoms with van der Waals surface area (Å²) >= 11 is 0. The van der Waals surface area contributed by atoms with Crippen molar-refractivity contribution in [2.45, 2.75) is 46.7 Å². The number of aryl methyl sites for hydroxylation is 1. The molecule has 0 atom stereocenters. The average Bonchev–Trinajstić information content (AvgIpc) is 2.34. The number of methoxy groups -OCH3 is 1. The van der Waals surface area contributed by atoms with Gasteiger partial charge in [-0.1, -0.05) is 0 Å². The minimum atomic E-state index is 0.160. The van der Waals surface area contributed by atoms with E-state index in [1.165, 1.54) is 0 Å². The van der Waals surface area contributed by atoms with E-state index in [1.54, 1.807) is 7.11 Å². The molecule has 0 amide bonds. The Kier molecular flexibility index (Phi) is 5.55. The second-order valence-corrected chi connectivity index (χ2v) is 5.47. The van der Waals surface area contributed by atoms with E-state index in [4.69, 9.17) is 4.74 Å². The summed E-state index contributed by atoms with van der Waals surface area (Å²) in [6.07, 6.45) is 0. The maximum atomic E-state index is 12.3. The van der Waals surface area contributed by atoms with Gasteiger partial charge in [0.15, 0.2) is 5.78 Å². The van der Waals surface area contributed by atoms with Crippen LogP contribution in [0.1, 0.15) is 43.6 Å². The first kappa shape index (κ1) is 15.7. The number of nitrogens with zero attached hydrogens (tertiary/aromatic N) is 1. The van der Waals surface area contributed by atoms with Gasteiger partial charge in [-0.15, -0.1) is 0 Å². The molecular formula is C16H25NO2. The predicted octanol–water partition coefficient (Wildman–Crippen LogP) is 3.31. The second kappa shape index (κ2) is 6.71. The molecule has 19 heavy (non-hydrogen) atoms. The molecular weight excluding hydrogens is 238 g/mol. The highest BCUT2D eigenvalue weighted by Gasteiger charge is 2.18. The Morgan fingerprint density at radius 1 is 1.21 bits per heavy atom. The molecule has 0 saturated carbocycles. The monoisotopic (exact) mass is 263 g/mol. The molecule has 0 aliphatic heterocycles. The van der Waals surface area contributed by atoms with Crippen molar-refractivity contribution >= 4 is 5.78 Å². The van der Waals surface area contributed by atoms with E-state index >= 15 is 0 Å². The SMILES string of the molecule is COc1ccc(C(=O)CN(C(C)C)C(C)C)cc1C. The van der Waals surface area contributed by atoms with Gasteiger partial charge in [-0.25, -0.2) is 0 Å². The number of ketones is 1. The van der Waals surface area contributed by atoms with Gasteiger partial charge in [0.2, 0.25) is 0 Å². The number of carbonyl (C=O) groups is 1. The number of carbonyl (C=O) groups excluding carboxylic acids is 1. The Labute approximate surface area is 116 Å². The molecule has 0 unspecified atom stereocenters. The zero-order valence-corrected chi connectivity index (χ0v) is 12.9. The van der Waals surface area contributed by atoms with Gasteiger partial charge in [-0.3, -0.25) is 9.69 Å². The standard InChI is InChI=1S/C16H25NO2/c1-11(2)17(12(3)4)10-15(18)14-7-8-16(19-6)13(5)9-14/h7-9,11-12H,10H2,1-6H3. The van der Waals surface area contributed by atoms with Crippen LogP contribution in [0.25, 0.3) is 0 Å². The molecule has 1 aromatic rings. The molecule has 3 heteroatoms. The molecule has 0 heterocycles. The van der Waals surface area contributed by atoms with E-state index in [-0.39, 0.29) is 5.78 Å². The number of ether oxygens (including phenoxy) is 1. The van der Waals surface area contributed by atoms with Gasteiger partial charge in [0, 0.05) is 17.6 Å². The lowest BCUT2D eigenvalue weighted by Gasteiger charge is -2.29. The molecule has 1 rings (SSSR count). The molecule has 0 bridgehead atoms. The lowest BCUT2D eigenvalue weighted by molar-refractivity contribution is 0.0866. The normalized spacial score (nSPS) is 11.4. The molecule has 0 saturated heterocycles. The quantitative estimate of drug-likeness (QED) is 0.737. The van der Waals surface area contributed by atoms with Gasteiger partial charge < -0.3 is 4.74 Å². The molecule has 106 valence electrons. The molecule has 0 radical (unpaired) electrons. The zero-order chi connectivity index (χ0) is 14.6. The highest BCUT2D eigenvalue weighted by molar-refractivity contribution is 5.98. The van der Waals surface area contributed by atoms with Crippen LogP contribution in [-0.4, -0.2) is 36.4 Å². The van der Waals surface area contributed by atoms with E-state index in [0.29, 0.717) is 18.6 Å². The minimum absolute atomic E-state index is 0.160. The number of rotatable bonds is 6. The van der Waals surface area contributed by atoms with Crippen LogP contribution in [0, 0.1) is 6.92 Å². The van der Waals surface area contributed by atoms with Gasteiger partial charge in [-0.05, 0) is 58.4 Å². The lowest BCUT2D eigenvalue weighted by Crippen LogP contribution is -2.40. The highest BCUT2D eigenvalue weighted by atomic mass is 16.5. The first-order chi connectivity index (χ1) is 8.86. The van der Waals surface area contributed by atoms with Crippen molar-refractivity contribution in [1.29, 1.82) is 0 Å². The summed E-state index contributed by atoms with van der Waals surface area (Å²) in [6, 6.07) is 6.33. The number of hydrogen-bond donors (Lipinski definition) is 0. The molecule has 3 nitrogen and oxygen atoms in total. The van der Waals surface area contributed by atoms with Gasteiger partial charge in [0.1, 0.15) is 5.75 Å². The van der Waals surface area contributed by atoms with Crippen LogP contribution in [-0.2, 0) is 0 Å². The number of hydrogen-bond acceptors (Lipinski definition) is 3. The Bertz CT molecular complexity index is 430. The third-order valence-electron chi connectivity index (χ3n) is 3.37. The van der Waals surface area contributed by atoms with E-state index in [9.17, 15) is 4.79 Å². The van der Waals surface area contributed by atoms with Crippen molar-refractivity contribution in [1.82, 2.24) is 4.90 Å². The van der Waals surface area contributed by atoms with Crippen LogP contribution in [0.15, 0.2) is 18.2 Å². The van der Waals surface area contributed by atoms with Crippen molar-refractivity contribution in [2.24, 2.45) is 0 Å². The van der Waals surface area contributed by atoms with E-state index in [2.05, 4.69) is 32.6 Å². The maximum Gasteiger partial charge on any atom is 0.176 e. The third kappa shape index (κ3) is 4.06. The first-order valence-corrected chi connectivity index (χ1v) is 6.80. The summed E-state index contributed by atoms with van der Waals surface area (Å²) < 4.78 is 5.22. The van der Waals surface area contributed by atoms with Crippen LogP contribution < -0.4 is 4.74 Å². The van der Waals surface area contributed by atoms with Crippen LogP contribution in [0.4, 0.5) is 0 Å². The third-order valence-corrected chi connectivity index (χ3v) is 3.37. The van der Waals surface area contributed by atoms with Crippen molar-refractivity contribution in [3.63, 3.8) is 0 Å². The minimum Gasteiger partial charge on any atom is -0.496 e. The topological polar surface area (TPSA) is 29.5 Å². The highest BCUT2D eigenvalue weighted by Crippen LogP contribution is 2.19. The van der Waals surface area contributed by atoms with E-state index in [0.717, 1.165) is 16.9 Å². The summed E-state index contributed by atoms with van der Waals surface area (Å²) in [5.74, 6) is 0.981. The van der Waals surface area contributed by atoms with Crippen LogP contribution >= 0.6 is 0 Å². The zero-order valence-electron chi connectivity index (χ0n) is 12.9. The molecule has 0 spiro atoms. The summed E-state index contributed by atoms with van der Waals surface area (Å²) in [5.41, 5.74) is 1.75. The molecule has 0 aliphatic carbocycles. The number of Topliss-reactive ketones (excluding diaryl/α,β-unsaturated/α-hetero) is 1. The van der Waals surface area contributed by atoms with E-state index in [1.807, 2.05) is 25.1 Å². The Hall–Kier alpha value is -1.35. The summed E-state index contributed by atoms with van der Waals surface area (Å²) in [4.78, 5) is 14.5. The smallest absolute Gasteiger partial charge is 0.176 e. The molecule has 0 aromatic heterocycles. The summed E-state index contributed by atoms with van der Waals surface area (Å²) in [7, 11) is 1.64. The largest absolute Gasteiger partial charge is 0.496 e. The van der Waals surface area contributed by atoms with Crippen LogP contribution in [0.2, 0.25) is 0 Å². The van der Waals surface area contributed by atoms with Gasteiger partial charge >= 0.3 is 0 Å². The fourth-order valence-electron chi connectivity index (χ4n) is 2.27. The van der Waals surface area contributed by atoms with Crippen molar-refractivity contribution in [2.75, 3.05) is 13.7 Å². The predicted molar refractivity (Wildman–Crippen MR) is 79.0 cm³/mol. The first-order valence-electron chi connectivity index (χ1n) is 6.80. The molecule has 0 aliphatic rings. The average molecular weight is 263 g/mol. The Morgan fingerprint density at radius 2 is 1.79 bits per heavy atom. The summed E-state index contributed by atoms with van der Waals surface area (Å²) in [6.45, 7) is 10.9. The van der Waals surface area contributed by atoms with Gasteiger partial charge in [0.05, 0.1) is 13.7 Å². The molecule has 0 fully saturated rings. The fourth-order valence-corrected chi connectivity index (χ4v) is 2.27. The number of benzene rings is 1. The van der Waals surface area contributed by atoms with Gasteiger partial charge in [-0.2, -0.15) is 0 Å². The molecule has 1 aromatic carbocycles. The van der Waals surface area contributed by atoms with Crippen molar-refractivity contribution in [3.8, 4) is 5.75 Å². The van der Waals surface area contributed by atoms with Gasteiger partial charge in [0.25, 0.3) is 0 Å². The summed E-state index contributed by atoms with van der Waals surface area (Å²) in [5, 5.41) is 0. The Balaban J connectivity index is 2.86. The maximum absolute atomic E-state index is 12.3. The Morgan fingerprint density at radius 3 is 2.21 bits per heavy atom. The fraction of sp³-hybridized carbons (Fsp3) is 0.562. The van der Waals surface area contributed by atoms with Crippen molar-refractivity contribution < 1.29 is 9.53 Å².